The van der Waals surface area contributed by atoms with E-state index in [9.17, 15) is 10.0 Å². The van der Waals surface area contributed by atoms with Crippen LogP contribution in [0.1, 0.15) is 19.8 Å². The molecule has 0 spiro atoms. The fourth-order valence-corrected chi connectivity index (χ4v) is 3.41. The number of thioether (sulfide) groups is 1. The molecule has 1 heterocycles. The second kappa shape index (κ2) is 9.51. The standard InChI is InChI=1S/C14H22ClN5O4S/c1-2-5-25-14-18-12(15)9(16)13(19-14)17-7-6-8(24-4-3-21)11(22)10(7)20-23/h7-8,10,20-21,23H,2-6,16H2,1H3,(H,17,18,19). The summed E-state index contributed by atoms with van der Waals surface area (Å²) in [7, 11) is 0. The van der Waals surface area contributed by atoms with Crippen LogP contribution in [-0.4, -0.2) is 63.2 Å². The summed E-state index contributed by atoms with van der Waals surface area (Å²) in [6, 6.07) is -1.39. The molecule has 1 aliphatic carbocycles. The molecule has 25 heavy (non-hydrogen) atoms. The summed E-state index contributed by atoms with van der Waals surface area (Å²) in [4.78, 5) is 20.7. The van der Waals surface area contributed by atoms with Crippen molar-refractivity contribution in [3.63, 3.8) is 0 Å². The molecule has 9 nitrogen and oxygen atoms in total. The lowest BCUT2D eigenvalue weighted by molar-refractivity contribution is -0.131. The van der Waals surface area contributed by atoms with E-state index in [0.29, 0.717) is 11.0 Å². The van der Waals surface area contributed by atoms with Gasteiger partial charge in [-0.2, -0.15) is 5.48 Å². The van der Waals surface area contributed by atoms with Crippen molar-refractivity contribution >= 4 is 40.7 Å². The number of anilines is 2. The van der Waals surface area contributed by atoms with Crippen LogP contribution in [-0.2, 0) is 9.53 Å². The Labute approximate surface area is 154 Å². The lowest BCUT2D eigenvalue weighted by atomic mass is 10.2. The lowest BCUT2D eigenvalue weighted by Crippen LogP contribution is -2.43. The van der Waals surface area contributed by atoms with Crippen molar-refractivity contribution in [3.05, 3.63) is 5.15 Å². The second-order valence-corrected chi connectivity index (χ2v) is 6.91. The first-order valence-corrected chi connectivity index (χ1v) is 9.26. The number of ketones is 1. The average Bonchev–Trinajstić information content (AvgIpc) is 2.89. The van der Waals surface area contributed by atoms with Crippen LogP contribution in [0.5, 0.6) is 0 Å². The Morgan fingerprint density at radius 2 is 2.24 bits per heavy atom. The number of nitrogen functional groups attached to an aromatic ring is 1. The highest BCUT2D eigenvalue weighted by molar-refractivity contribution is 7.99. The van der Waals surface area contributed by atoms with Gasteiger partial charge in [0.15, 0.2) is 21.9 Å². The maximum atomic E-state index is 12.2. The van der Waals surface area contributed by atoms with Gasteiger partial charge >= 0.3 is 0 Å². The zero-order chi connectivity index (χ0) is 18.4. The van der Waals surface area contributed by atoms with Crippen LogP contribution in [0.3, 0.4) is 0 Å². The largest absolute Gasteiger partial charge is 0.394 e. The Hall–Kier alpha value is -1.17. The average molecular weight is 392 g/mol. The zero-order valence-corrected chi connectivity index (χ0v) is 15.3. The number of hydrogen-bond donors (Lipinski definition) is 5. The summed E-state index contributed by atoms with van der Waals surface area (Å²) < 4.78 is 5.31. The van der Waals surface area contributed by atoms with Gasteiger partial charge in [0.2, 0.25) is 0 Å². The Morgan fingerprint density at radius 3 is 2.88 bits per heavy atom. The topological polar surface area (TPSA) is 143 Å². The Balaban J connectivity index is 2.16. The molecule has 1 saturated carbocycles. The number of nitrogens with one attached hydrogen (secondary N) is 2. The van der Waals surface area contributed by atoms with Crippen LogP contribution >= 0.6 is 23.4 Å². The Bertz CT molecular complexity index is 609. The number of ether oxygens (including phenoxy) is 1. The summed E-state index contributed by atoms with van der Waals surface area (Å²) in [6.45, 7) is 1.89. The van der Waals surface area contributed by atoms with Crippen molar-refractivity contribution in [2.45, 2.75) is 43.1 Å². The molecule has 11 heteroatoms. The van der Waals surface area contributed by atoms with Crippen LogP contribution in [0.4, 0.5) is 11.5 Å². The second-order valence-electron chi connectivity index (χ2n) is 5.49. The van der Waals surface area contributed by atoms with E-state index >= 15 is 0 Å². The van der Waals surface area contributed by atoms with E-state index in [4.69, 9.17) is 27.2 Å². The zero-order valence-electron chi connectivity index (χ0n) is 13.7. The third-order valence-electron chi connectivity index (χ3n) is 3.68. The molecule has 1 aromatic rings. The van der Waals surface area contributed by atoms with Crippen LogP contribution in [0.2, 0.25) is 5.15 Å². The number of Topliss-reactive ketones (excluding diaryl/α,β-unsaturated/α-hetero) is 1. The molecule has 0 saturated heterocycles. The number of rotatable bonds is 9. The molecule has 6 N–H and O–H groups in total. The lowest BCUT2D eigenvalue weighted by Gasteiger charge is -2.20. The monoisotopic (exact) mass is 391 g/mol. The smallest absolute Gasteiger partial charge is 0.191 e. The fourth-order valence-electron chi connectivity index (χ4n) is 2.49. The number of hydroxylamine groups is 1. The van der Waals surface area contributed by atoms with E-state index < -0.39 is 18.2 Å². The molecule has 140 valence electrons. The Kier molecular flexibility index (Phi) is 7.66. The predicted octanol–water partition coefficient (Wildman–Crippen LogP) is 0.692. The van der Waals surface area contributed by atoms with Crippen molar-refractivity contribution in [2.75, 3.05) is 30.0 Å². The van der Waals surface area contributed by atoms with Gasteiger partial charge in [-0.1, -0.05) is 30.3 Å². The first kappa shape index (κ1) is 20.1. The van der Waals surface area contributed by atoms with Gasteiger partial charge in [-0.3, -0.25) is 4.79 Å². The highest BCUT2D eigenvalue weighted by Crippen LogP contribution is 2.30. The molecule has 1 aromatic heterocycles. The molecule has 0 aliphatic heterocycles. The number of aromatic nitrogens is 2. The van der Waals surface area contributed by atoms with E-state index in [-0.39, 0.29) is 36.3 Å². The molecule has 3 unspecified atom stereocenters. The number of aliphatic hydroxyl groups excluding tert-OH is 1. The molecular formula is C14H22ClN5O4S. The van der Waals surface area contributed by atoms with Crippen molar-refractivity contribution < 1.29 is 19.8 Å². The predicted molar refractivity (Wildman–Crippen MR) is 95.0 cm³/mol. The molecule has 0 amide bonds. The van der Waals surface area contributed by atoms with Gasteiger partial charge in [-0.05, 0) is 6.42 Å². The first-order valence-electron chi connectivity index (χ1n) is 7.89. The molecule has 3 atom stereocenters. The van der Waals surface area contributed by atoms with Gasteiger partial charge < -0.3 is 26.1 Å². The van der Waals surface area contributed by atoms with E-state index in [0.717, 1.165) is 12.2 Å². The maximum Gasteiger partial charge on any atom is 0.191 e. The van der Waals surface area contributed by atoms with Crippen LogP contribution in [0.15, 0.2) is 5.16 Å². The fraction of sp³-hybridized carbons (Fsp3) is 0.643. The number of carbonyl (C=O) groups is 1. The van der Waals surface area contributed by atoms with Crippen LogP contribution in [0, 0.1) is 0 Å². The molecule has 0 aromatic carbocycles. The van der Waals surface area contributed by atoms with E-state index in [1.54, 1.807) is 0 Å². The minimum absolute atomic E-state index is 0.0422. The summed E-state index contributed by atoms with van der Waals surface area (Å²) in [6.07, 6.45) is 0.507. The van der Waals surface area contributed by atoms with Gasteiger partial charge in [0, 0.05) is 12.2 Å². The first-order chi connectivity index (χ1) is 12.0. The Morgan fingerprint density at radius 1 is 1.48 bits per heavy atom. The number of nitrogens with two attached hydrogens (primary N) is 1. The third kappa shape index (κ3) is 4.93. The van der Waals surface area contributed by atoms with Gasteiger partial charge in [-0.25, -0.2) is 9.97 Å². The number of aliphatic hydroxyl groups is 1. The minimum Gasteiger partial charge on any atom is -0.394 e. The van der Waals surface area contributed by atoms with E-state index in [1.165, 1.54) is 11.8 Å². The number of nitrogens with zero attached hydrogens (tertiary/aromatic N) is 2. The quantitative estimate of drug-likeness (QED) is 0.176. The minimum atomic E-state index is -0.886. The molecule has 0 bridgehead atoms. The van der Waals surface area contributed by atoms with Crippen molar-refractivity contribution in [1.29, 1.82) is 0 Å². The van der Waals surface area contributed by atoms with Crippen molar-refractivity contribution in [2.24, 2.45) is 0 Å². The third-order valence-corrected chi connectivity index (χ3v) is 5.02. The SMILES string of the molecule is CCCSc1nc(Cl)c(N)c(NC2CC(OCCO)C(=O)C2NO)n1. The number of halogens is 1. The van der Waals surface area contributed by atoms with Crippen LogP contribution in [0.25, 0.3) is 0 Å². The number of hydrogen-bond acceptors (Lipinski definition) is 10. The van der Waals surface area contributed by atoms with E-state index in [2.05, 4.69) is 15.3 Å². The summed E-state index contributed by atoms with van der Waals surface area (Å²) >= 11 is 7.51. The van der Waals surface area contributed by atoms with E-state index in [1.807, 2.05) is 12.4 Å². The van der Waals surface area contributed by atoms with Crippen LogP contribution < -0.4 is 16.5 Å². The van der Waals surface area contributed by atoms with Gasteiger partial charge in [0.05, 0.1) is 19.3 Å². The normalized spacial score (nSPS) is 23.2. The summed E-state index contributed by atoms with van der Waals surface area (Å²) in [5.74, 6) is 0.826. The van der Waals surface area contributed by atoms with Crippen molar-refractivity contribution in [3.8, 4) is 0 Å². The maximum absolute atomic E-state index is 12.2. The summed E-state index contributed by atoms with van der Waals surface area (Å²) in [5.41, 5.74) is 8.10. The van der Waals surface area contributed by atoms with Gasteiger partial charge in [0.1, 0.15) is 17.8 Å². The molecule has 0 radical (unpaired) electrons. The number of carbonyl (C=O) groups excluding carboxylic acids is 1. The van der Waals surface area contributed by atoms with Gasteiger partial charge in [-0.15, -0.1) is 0 Å². The highest BCUT2D eigenvalue weighted by Gasteiger charge is 2.43. The highest BCUT2D eigenvalue weighted by atomic mass is 35.5. The molecule has 1 aliphatic rings. The molecule has 2 rings (SSSR count). The molecular weight excluding hydrogens is 370 g/mol. The van der Waals surface area contributed by atoms with Gasteiger partial charge in [0.25, 0.3) is 0 Å². The summed E-state index contributed by atoms with van der Waals surface area (Å²) in [5, 5.41) is 21.8. The van der Waals surface area contributed by atoms with Crippen molar-refractivity contribution in [1.82, 2.24) is 15.4 Å². The molecule has 1 fully saturated rings.